The van der Waals surface area contributed by atoms with Crippen molar-refractivity contribution in [1.29, 1.82) is 0 Å². The fourth-order valence-corrected chi connectivity index (χ4v) is 3.39. The number of amides is 4. The first-order valence-corrected chi connectivity index (χ1v) is 15.6. The standard InChI is InChI=1S/C13H12N4O2.C12H9NO2.C7H5FO.C5H5NO.CH5N3O/c14-13(18)17-16-8-10-3-5-11(6-4-10)19-12-2-1-7-15-9-12;14-9-10-3-5-11(6-4-10)15-12-2-1-7-13-8-12;8-7-3-1-6(5-9)2-4-7;7-5-2-1-3-6-4-5;2-1(5)4-3/h1-9H,(H3,14,17,18);1-9H;1-5H;1-4,7H;3H2,(H3,2,4,5)/b16-8+;;;;. The van der Waals surface area contributed by atoms with Gasteiger partial charge < -0.3 is 26.0 Å². The van der Waals surface area contributed by atoms with Gasteiger partial charge in [-0.1, -0.05) is 0 Å². The van der Waals surface area contributed by atoms with Gasteiger partial charge in [0.2, 0.25) is 0 Å². The maximum absolute atomic E-state index is 12.1. The van der Waals surface area contributed by atoms with Crippen LogP contribution in [-0.2, 0) is 0 Å². The number of nitrogens with one attached hydrogen (secondary N) is 2. The second-order valence-corrected chi connectivity index (χ2v) is 9.96. The summed E-state index contributed by atoms with van der Waals surface area (Å²) in [6.45, 7) is 0. The lowest BCUT2D eigenvalue weighted by Crippen LogP contribution is -2.34. The number of halogens is 1. The molecule has 0 aliphatic carbocycles. The summed E-state index contributed by atoms with van der Waals surface area (Å²) in [5, 5.41) is 12.2. The van der Waals surface area contributed by atoms with Gasteiger partial charge in [-0.25, -0.2) is 25.2 Å². The summed E-state index contributed by atoms with van der Waals surface area (Å²) in [4.78, 5) is 51.7. The number of aldehydes is 2. The first kappa shape index (κ1) is 43.1. The quantitative estimate of drug-likeness (QED) is 0.0371. The molecule has 0 radical (unpaired) electrons. The number of aromatic hydroxyl groups is 1. The predicted molar refractivity (Wildman–Crippen MR) is 202 cm³/mol. The number of carbonyl (C=O) groups is 4. The van der Waals surface area contributed by atoms with Crippen molar-refractivity contribution in [3.63, 3.8) is 0 Å². The number of aromatic nitrogens is 3. The highest BCUT2D eigenvalue weighted by Crippen LogP contribution is 2.21. The van der Waals surface area contributed by atoms with Crippen molar-refractivity contribution in [3.05, 3.63) is 169 Å². The Labute approximate surface area is 314 Å². The molecule has 0 spiro atoms. The van der Waals surface area contributed by atoms with E-state index in [9.17, 15) is 23.6 Å². The molecule has 4 amide bonds. The highest BCUT2D eigenvalue weighted by Gasteiger charge is 1.98. The molecule has 3 heterocycles. The van der Waals surface area contributed by atoms with Crippen LogP contribution in [0.5, 0.6) is 28.7 Å². The number of ether oxygens (including phenoxy) is 2. The van der Waals surface area contributed by atoms with Gasteiger partial charge in [-0.3, -0.25) is 30.0 Å². The Balaban J connectivity index is 0.000000257. The van der Waals surface area contributed by atoms with Crippen LogP contribution in [0.2, 0.25) is 0 Å². The number of rotatable bonds is 8. The van der Waals surface area contributed by atoms with E-state index in [1.807, 2.05) is 12.1 Å². The molecule has 0 aliphatic heterocycles. The van der Waals surface area contributed by atoms with Crippen molar-refractivity contribution >= 4 is 30.8 Å². The number of hydrazone groups is 1. The van der Waals surface area contributed by atoms with E-state index >= 15 is 0 Å². The van der Waals surface area contributed by atoms with Gasteiger partial charge in [0.05, 0.1) is 24.8 Å². The van der Waals surface area contributed by atoms with E-state index in [1.54, 1.807) is 109 Å². The SMILES string of the molecule is NC(=O)N/N=C/c1ccc(Oc2cccnc2)cc1.NNC(N)=O.O=Cc1ccc(F)cc1.O=Cc1ccc(Oc2cccnc2)cc1.Oc1cccnc1. The van der Waals surface area contributed by atoms with E-state index < -0.39 is 12.1 Å². The molecule has 6 rings (SSSR count). The van der Waals surface area contributed by atoms with Crippen molar-refractivity contribution in [3.8, 4) is 28.7 Å². The number of pyridine rings is 3. The predicted octanol–water partition coefficient (Wildman–Crippen LogP) is 5.52. The van der Waals surface area contributed by atoms with E-state index in [0.717, 1.165) is 11.8 Å². The first-order valence-electron chi connectivity index (χ1n) is 15.6. The average molecular weight is 750 g/mol. The minimum Gasteiger partial charge on any atom is -0.506 e. The minimum absolute atomic E-state index is 0.211. The summed E-state index contributed by atoms with van der Waals surface area (Å²) in [6, 6.07) is 28.5. The lowest BCUT2D eigenvalue weighted by atomic mass is 10.2. The number of benzene rings is 3. The van der Waals surface area contributed by atoms with Crippen LogP contribution in [0.4, 0.5) is 14.0 Å². The Hall–Kier alpha value is -8.05. The Morgan fingerprint density at radius 3 is 1.36 bits per heavy atom. The molecular weight excluding hydrogens is 713 g/mol. The number of primary amides is 2. The molecule has 9 N–H and O–H groups in total. The molecular formula is C38H36FN9O7. The van der Waals surface area contributed by atoms with Crippen LogP contribution in [0.25, 0.3) is 0 Å². The Morgan fingerprint density at radius 1 is 0.618 bits per heavy atom. The Bertz CT molecular complexity index is 2010. The summed E-state index contributed by atoms with van der Waals surface area (Å²) in [5.41, 5.74) is 15.0. The van der Waals surface area contributed by atoms with Gasteiger partial charge >= 0.3 is 12.1 Å². The molecule has 282 valence electrons. The molecule has 17 heteroatoms. The third kappa shape index (κ3) is 20.4. The van der Waals surface area contributed by atoms with Crippen molar-refractivity contribution in [1.82, 2.24) is 25.8 Å². The van der Waals surface area contributed by atoms with Gasteiger partial charge in [0.15, 0.2) is 0 Å². The lowest BCUT2D eigenvalue weighted by molar-refractivity contribution is 0.111. The van der Waals surface area contributed by atoms with Crippen molar-refractivity contribution in [2.45, 2.75) is 0 Å². The number of hydrazine groups is 1. The molecule has 55 heavy (non-hydrogen) atoms. The lowest BCUT2D eigenvalue weighted by Gasteiger charge is -2.04. The maximum Gasteiger partial charge on any atom is 0.332 e. The zero-order valence-corrected chi connectivity index (χ0v) is 28.9. The molecule has 0 aliphatic rings. The van der Waals surface area contributed by atoms with Crippen LogP contribution >= 0.6 is 0 Å². The molecule has 0 unspecified atom stereocenters. The molecule has 3 aromatic heterocycles. The van der Waals surface area contributed by atoms with E-state index in [0.29, 0.717) is 40.4 Å². The van der Waals surface area contributed by atoms with Crippen molar-refractivity contribution in [2.75, 3.05) is 0 Å². The van der Waals surface area contributed by atoms with Crippen LogP contribution < -0.4 is 37.6 Å². The maximum atomic E-state index is 12.1. The molecule has 0 fully saturated rings. The number of nitrogens with two attached hydrogens (primary N) is 3. The van der Waals surface area contributed by atoms with Gasteiger partial charge in [-0.2, -0.15) is 5.10 Å². The van der Waals surface area contributed by atoms with Crippen LogP contribution in [0.15, 0.2) is 151 Å². The van der Waals surface area contributed by atoms with Crippen molar-refractivity contribution < 1.29 is 38.1 Å². The number of hydrogen-bond donors (Lipinski definition) is 6. The number of carbonyl (C=O) groups excluding carboxylic acids is 4. The number of urea groups is 2. The summed E-state index contributed by atoms with van der Waals surface area (Å²) >= 11 is 0. The van der Waals surface area contributed by atoms with Gasteiger partial charge in [-0.15, -0.1) is 0 Å². The summed E-state index contributed by atoms with van der Waals surface area (Å²) in [5.74, 6) is 7.06. The fourth-order valence-electron chi connectivity index (χ4n) is 3.39. The number of hydrogen-bond acceptors (Lipinski definition) is 12. The smallest absolute Gasteiger partial charge is 0.332 e. The molecule has 6 aromatic rings. The number of nitrogens with zero attached hydrogens (tertiary/aromatic N) is 4. The second kappa shape index (κ2) is 25.8. The van der Waals surface area contributed by atoms with E-state index in [1.165, 1.54) is 36.7 Å². The molecule has 3 aromatic carbocycles. The minimum atomic E-state index is -0.718. The molecule has 0 saturated heterocycles. The second-order valence-electron chi connectivity index (χ2n) is 9.96. The monoisotopic (exact) mass is 749 g/mol. The van der Waals surface area contributed by atoms with Crippen LogP contribution in [0.1, 0.15) is 26.3 Å². The third-order valence-corrected chi connectivity index (χ3v) is 5.82. The summed E-state index contributed by atoms with van der Waals surface area (Å²) < 4.78 is 23.2. The molecule has 0 bridgehead atoms. The zero-order valence-electron chi connectivity index (χ0n) is 28.9. The van der Waals surface area contributed by atoms with E-state index in [2.05, 4.69) is 37.1 Å². The van der Waals surface area contributed by atoms with Gasteiger partial charge in [0.25, 0.3) is 0 Å². The van der Waals surface area contributed by atoms with Crippen LogP contribution in [0, 0.1) is 5.82 Å². The largest absolute Gasteiger partial charge is 0.506 e. The van der Waals surface area contributed by atoms with Crippen molar-refractivity contribution in [2.24, 2.45) is 22.4 Å². The average Bonchev–Trinajstić information content (AvgIpc) is 3.21. The van der Waals surface area contributed by atoms with Crippen LogP contribution in [-0.4, -0.2) is 50.9 Å². The Morgan fingerprint density at radius 2 is 1.04 bits per heavy atom. The van der Waals surface area contributed by atoms with Crippen LogP contribution in [0.3, 0.4) is 0 Å². The third-order valence-electron chi connectivity index (χ3n) is 5.82. The molecule has 0 atom stereocenters. The summed E-state index contributed by atoms with van der Waals surface area (Å²) in [7, 11) is 0. The van der Waals surface area contributed by atoms with Gasteiger partial charge in [0.1, 0.15) is 47.1 Å². The zero-order chi connectivity index (χ0) is 40.1. The van der Waals surface area contributed by atoms with Gasteiger partial charge in [-0.05, 0) is 115 Å². The highest BCUT2D eigenvalue weighted by molar-refractivity contribution is 5.81. The van der Waals surface area contributed by atoms with E-state index in [-0.39, 0.29) is 11.6 Å². The summed E-state index contributed by atoms with van der Waals surface area (Å²) in [6.07, 6.45) is 12.6. The molecule has 16 nitrogen and oxygen atoms in total. The molecule has 0 saturated carbocycles. The van der Waals surface area contributed by atoms with E-state index in [4.69, 9.17) is 20.3 Å². The first-order chi connectivity index (χ1) is 26.6. The van der Waals surface area contributed by atoms with Gasteiger partial charge in [0, 0.05) is 29.7 Å². The topological polar surface area (TPSA) is 260 Å². The normalized spacial score (nSPS) is 9.35. The fraction of sp³-hybridized carbons (Fsp3) is 0. The Kier molecular flexibility index (Phi) is 20.3. The highest BCUT2D eigenvalue weighted by atomic mass is 19.1.